The second-order valence-electron chi connectivity index (χ2n) is 9.64. The van der Waals surface area contributed by atoms with Crippen LogP contribution in [0.5, 0.6) is 0 Å². The van der Waals surface area contributed by atoms with Crippen LogP contribution in [-0.4, -0.2) is 58.9 Å². The van der Waals surface area contributed by atoms with Crippen LogP contribution in [0, 0.1) is 5.92 Å². The van der Waals surface area contributed by atoms with E-state index in [2.05, 4.69) is 10.2 Å². The number of nitrogens with zero attached hydrogens (tertiary/aromatic N) is 2. The molecular formula is C24H32ClN3O2. The number of benzene rings is 1. The van der Waals surface area contributed by atoms with Crippen LogP contribution >= 0.6 is 11.6 Å². The van der Waals surface area contributed by atoms with E-state index in [9.17, 15) is 9.59 Å². The van der Waals surface area contributed by atoms with Crippen molar-refractivity contribution in [1.29, 1.82) is 0 Å². The zero-order valence-corrected chi connectivity index (χ0v) is 18.3. The lowest BCUT2D eigenvalue weighted by atomic mass is 9.84. The number of carbonyl (C=O) groups excluding carboxylic acids is 2. The molecular weight excluding hydrogens is 398 g/mol. The van der Waals surface area contributed by atoms with E-state index >= 15 is 0 Å². The number of fused-ring (bicyclic) bond motifs is 1. The Hall–Kier alpha value is -1.59. The summed E-state index contributed by atoms with van der Waals surface area (Å²) < 4.78 is 0. The number of amides is 2. The summed E-state index contributed by atoms with van der Waals surface area (Å²) in [4.78, 5) is 31.3. The normalized spacial score (nSPS) is 30.2. The Bertz CT molecular complexity index is 803. The van der Waals surface area contributed by atoms with Crippen molar-refractivity contribution in [3.8, 4) is 0 Å². The average molecular weight is 430 g/mol. The minimum Gasteiger partial charge on any atom is -0.351 e. The van der Waals surface area contributed by atoms with Gasteiger partial charge in [-0.05, 0) is 69.1 Å². The van der Waals surface area contributed by atoms with Crippen molar-refractivity contribution in [2.24, 2.45) is 5.92 Å². The predicted molar refractivity (Wildman–Crippen MR) is 118 cm³/mol. The lowest BCUT2D eigenvalue weighted by molar-refractivity contribution is -0.126. The van der Waals surface area contributed by atoms with E-state index in [-0.39, 0.29) is 29.9 Å². The number of hydrogen-bond donors (Lipinski definition) is 1. The van der Waals surface area contributed by atoms with E-state index in [1.165, 1.54) is 19.3 Å². The summed E-state index contributed by atoms with van der Waals surface area (Å²) in [5.41, 5.74) is 0.587. The molecule has 2 aliphatic heterocycles. The Kier molecular flexibility index (Phi) is 5.76. The van der Waals surface area contributed by atoms with Crippen LogP contribution in [0.15, 0.2) is 24.3 Å². The van der Waals surface area contributed by atoms with Gasteiger partial charge in [0.25, 0.3) is 5.91 Å². The van der Waals surface area contributed by atoms with Gasteiger partial charge in [0.2, 0.25) is 5.91 Å². The van der Waals surface area contributed by atoms with Crippen LogP contribution < -0.4 is 5.32 Å². The molecule has 2 amide bonds. The molecule has 0 spiro atoms. The molecule has 6 heteroatoms. The molecule has 1 aromatic rings. The molecule has 3 atom stereocenters. The molecule has 0 aromatic heterocycles. The largest absolute Gasteiger partial charge is 0.351 e. The van der Waals surface area contributed by atoms with Gasteiger partial charge in [0.05, 0.1) is 0 Å². The van der Waals surface area contributed by atoms with Crippen LogP contribution in [0.2, 0.25) is 5.02 Å². The van der Waals surface area contributed by atoms with E-state index in [0.717, 1.165) is 57.7 Å². The van der Waals surface area contributed by atoms with Gasteiger partial charge in [-0.3, -0.25) is 9.59 Å². The topological polar surface area (TPSA) is 52.7 Å². The van der Waals surface area contributed by atoms with Crippen molar-refractivity contribution in [3.63, 3.8) is 0 Å². The highest BCUT2D eigenvalue weighted by atomic mass is 35.5. The van der Waals surface area contributed by atoms with Crippen LogP contribution in [0.3, 0.4) is 0 Å². The summed E-state index contributed by atoms with van der Waals surface area (Å²) in [6, 6.07) is 7.99. The van der Waals surface area contributed by atoms with Crippen molar-refractivity contribution in [2.75, 3.05) is 13.1 Å². The van der Waals surface area contributed by atoms with Gasteiger partial charge >= 0.3 is 0 Å². The quantitative estimate of drug-likeness (QED) is 0.790. The first-order valence-electron chi connectivity index (χ1n) is 11.7. The number of nitrogens with one attached hydrogen (secondary N) is 1. The second-order valence-corrected chi connectivity index (χ2v) is 10.1. The SMILES string of the molecule is O=C(NC1CCN(C2CC2)CC1)C1CC2CCCCC2N1C(=O)c1cccc(Cl)c1. The average Bonchev–Trinajstić information content (AvgIpc) is 3.53. The highest BCUT2D eigenvalue weighted by Crippen LogP contribution is 2.41. The molecule has 2 heterocycles. The van der Waals surface area contributed by atoms with Crippen molar-refractivity contribution in [2.45, 2.75) is 82.0 Å². The van der Waals surface area contributed by atoms with Crippen LogP contribution in [-0.2, 0) is 4.79 Å². The first-order valence-corrected chi connectivity index (χ1v) is 12.1. The molecule has 1 N–H and O–H groups in total. The Morgan fingerprint density at radius 1 is 1.00 bits per heavy atom. The maximum Gasteiger partial charge on any atom is 0.254 e. The zero-order valence-electron chi connectivity index (χ0n) is 17.6. The third-order valence-corrected chi connectivity index (χ3v) is 7.87. The van der Waals surface area contributed by atoms with Crippen LogP contribution in [0.1, 0.15) is 68.1 Å². The molecule has 30 heavy (non-hydrogen) atoms. The highest BCUT2D eigenvalue weighted by Gasteiger charge is 2.48. The summed E-state index contributed by atoms with van der Waals surface area (Å²) in [5, 5.41) is 3.87. The maximum atomic E-state index is 13.5. The van der Waals surface area contributed by atoms with E-state index in [4.69, 9.17) is 11.6 Å². The summed E-state index contributed by atoms with van der Waals surface area (Å²) in [6.45, 7) is 2.16. The Morgan fingerprint density at radius 2 is 1.77 bits per heavy atom. The number of hydrogen-bond acceptors (Lipinski definition) is 3. The van der Waals surface area contributed by atoms with Gasteiger partial charge in [-0.15, -0.1) is 0 Å². The molecule has 0 bridgehead atoms. The van der Waals surface area contributed by atoms with Crippen molar-refractivity contribution in [1.82, 2.24) is 15.1 Å². The lowest BCUT2D eigenvalue weighted by Gasteiger charge is -2.35. The fourth-order valence-electron chi connectivity index (χ4n) is 5.90. The first kappa shape index (κ1) is 20.3. The van der Waals surface area contributed by atoms with Crippen molar-refractivity contribution < 1.29 is 9.59 Å². The smallest absolute Gasteiger partial charge is 0.254 e. The zero-order chi connectivity index (χ0) is 20.7. The standard InChI is InChI=1S/C24H32ClN3O2/c25-18-6-3-5-17(14-18)24(30)28-21-7-2-1-4-16(21)15-22(28)23(29)26-19-10-12-27(13-11-19)20-8-9-20/h3,5-6,14,16,19-22H,1-2,4,7-13,15H2,(H,26,29). The molecule has 1 aromatic carbocycles. The van der Waals surface area contributed by atoms with Crippen LogP contribution in [0.25, 0.3) is 0 Å². The fraction of sp³-hybridized carbons (Fsp3) is 0.667. The van der Waals surface area contributed by atoms with Gasteiger partial charge in [0, 0.05) is 41.8 Å². The number of carbonyl (C=O) groups is 2. The summed E-state index contributed by atoms with van der Waals surface area (Å²) >= 11 is 6.15. The molecule has 5 rings (SSSR count). The fourth-order valence-corrected chi connectivity index (χ4v) is 6.09. The molecule has 4 fully saturated rings. The van der Waals surface area contributed by atoms with Gasteiger partial charge in [0.1, 0.15) is 6.04 Å². The van der Waals surface area contributed by atoms with E-state index < -0.39 is 0 Å². The monoisotopic (exact) mass is 429 g/mol. The van der Waals surface area contributed by atoms with Gasteiger partial charge in [-0.25, -0.2) is 0 Å². The van der Waals surface area contributed by atoms with Gasteiger partial charge in [0.15, 0.2) is 0 Å². The third-order valence-electron chi connectivity index (χ3n) is 7.64. The summed E-state index contributed by atoms with van der Waals surface area (Å²) in [6.07, 6.45) is 9.96. The van der Waals surface area contributed by atoms with Gasteiger partial charge in [-0.1, -0.05) is 30.5 Å². The number of halogens is 1. The molecule has 2 aliphatic carbocycles. The van der Waals surface area contributed by atoms with Crippen molar-refractivity contribution in [3.05, 3.63) is 34.9 Å². The molecule has 4 aliphatic rings. The van der Waals surface area contributed by atoms with E-state index in [1.54, 1.807) is 12.1 Å². The number of piperidine rings is 1. The lowest BCUT2D eigenvalue weighted by Crippen LogP contribution is -2.53. The minimum atomic E-state index is -0.356. The molecule has 2 saturated heterocycles. The Morgan fingerprint density at radius 3 is 2.50 bits per heavy atom. The molecule has 5 nitrogen and oxygen atoms in total. The molecule has 162 valence electrons. The van der Waals surface area contributed by atoms with E-state index in [1.807, 2.05) is 17.0 Å². The van der Waals surface area contributed by atoms with Gasteiger partial charge in [-0.2, -0.15) is 0 Å². The number of likely N-dealkylation sites (tertiary alicyclic amines) is 2. The molecule has 2 saturated carbocycles. The maximum absolute atomic E-state index is 13.5. The second kappa shape index (κ2) is 8.51. The summed E-state index contributed by atoms with van der Waals surface area (Å²) in [5.74, 6) is 0.439. The Labute approximate surface area is 184 Å². The summed E-state index contributed by atoms with van der Waals surface area (Å²) in [7, 11) is 0. The third kappa shape index (κ3) is 4.11. The Balaban J connectivity index is 1.30. The van der Waals surface area contributed by atoms with Gasteiger partial charge < -0.3 is 15.1 Å². The highest BCUT2D eigenvalue weighted by molar-refractivity contribution is 6.31. The van der Waals surface area contributed by atoms with E-state index in [0.29, 0.717) is 16.5 Å². The van der Waals surface area contributed by atoms with Crippen LogP contribution in [0.4, 0.5) is 0 Å². The molecule has 0 radical (unpaired) electrons. The predicted octanol–water partition coefficient (Wildman–Crippen LogP) is 3.86. The number of rotatable bonds is 4. The van der Waals surface area contributed by atoms with Crippen molar-refractivity contribution >= 4 is 23.4 Å². The minimum absolute atomic E-state index is 0.0457. The first-order chi connectivity index (χ1) is 14.6. The molecule has 3 unspecified atom stereocenters.